The Morgan fingerprint density at radius 3 is 2.44 bits per heavy atom. The number of furan rings is 1. The molecule has 3 rings (SSSR count). The molecule has 0 unspecified atom stereocenters. The van der Waals surface area contributed by atoms with Crippen LogP contribution >= 0.6 is 0 Å². The summed E-state index contributed by atoms with van der Waals surface area (Å²) in [6.07, 6.45) is 8.92. The number of carbonyl (C=O) groups is 2. The largest absolute Gasteiger partial charge is 0.493 e. The van der Waals surface area contributed by atoms with Gasteiger partial charge in [-0.1, -0.05) is 32.3 Å². The highest BCUT2D eigenvalue weighted by atomic mass is 16.5. The lowest BCUT2D eigenvalue weighted by atomic mass is 9.94. The van der Waals surface area contributed by atoms with E-state index in [0.717, 1.165) is 43.4 Å². The normalized spacial score (nSPS) is 14.0. The molecule has 1 fully saturated rings. The van der Waals surface area contributed by atoms with Gasteiger partial charge >= 0.3 is 0 Å². The molecule has 1 aliphatic rings. The number of methoxy groups -OCH3 is 2. The molecule has 0 spiro atoms. The van der Waals surface area contributed by atoms with Crippen molar-refractivity contribution in [2.24, 2.45) is 0 Å². The summed E-state index contributed by atoms with van der Waals surface area (Å²) in [5, 5.41) is 0. The molecule has 7 nitrogen and oxygen atoms in total. The maximum absolute atomic E-state index is 13.5. The summed E-state index contributed by atoms with van der Waals surface area (Å²) in [6, 6.07) is 9.65. The molecule has 0 aliphatic heterocycles. The summed E-state index contributed by atoms with van der Waals surface area (Å²) in [4.78, 5) is 30.1. The molecular formula is C27H38N2O5. The van der Waals surface area contributed by atoms with Crippen LogP contribution in [0.5, 0.6) is 11.5 Å². The second-order valence-electron chi connectivity index (χ2n) is 8.90. The molecule has 1 saturated carbocycles. The maximum atomic E-state index is 13.5. The van der Waals surface area contributed by atoms with Crippen molar-refractivity contribution in [1.82, 2.24) is 9.80 Å². The maximum Gasteiger partial charge on any atom is 0.242 e. The highest BCUT2D eigenvalue weighted by Gasteiger charge is 2.28. The van der Waals surface area contributed by atoms with Crippen molar-refractivity contribution in [3.63, 3.8) is 0 Å². The summed E-state index contributed by atoms with van der Waals surface area (Å²) in [7, 11) is 3.22. The van der Waals surface area contributed by atoms with Crippen molar-refractivity contribution in [2.45, 2.75) is 70.9 Å². The third-order valence-electron chi connectivity index (χ3n) is 6.50. The number of carbonyl (C=O) groups excluding carboxylic acids is 2. The van der Waals surface area contributed by atoms with Crippen LogP contribution < -0.4 is 9.47 Å². The lowest BCUT2D eigenvalue weighted by molar-refractivity contribution is -0.143. The van der Waals surface area contributed by atoms with Gasteiger partial charge < -0.3 is 23.7 Å². The number of nitrogens with zero attached hydrogens (tertiary/aromatic N) is 2. The molecule has 34 heavy (non-hydrogen) atoms. The molecule has 1 aromatic heterocycles. The fraction of sp³-hybridized carbons (Fsp3) is 0.556. The van der Waals surface area contributed by atoms with Gasteiger partial charge in [-0.2, -0.15) is 0 Å². The van der Waals surface area contributed by atoms with E-state index in [-0.39, 0.29) is 24.4 Å². The van der Waals surface area contributed by atoms with Crippen molar-refractivity contribution in [3.8, 4) is 11.5 Å². The predicted octanol–water partition coefficient (Wildman–Crippen LogP) is 4.83. The Bertz CT molecular complexity index is 906. The molecule has 2 amide bonds. The van der Waals surface area contributed by atoms with E-state index in [2.05, 4.69) is 0 Å². The minimum absolute atomic E-state index is 0.0492. The third-order valence-corrected chi connectivity index (χ3v) is 6.50. The van der Waals surface area contributed by atoms with Gasteiger partial charge in [0.2, 0.25) is 11.8 Å². The molecule has 1 aromatic carbocycles. The topological polar surface area (TPSA) is 72.2 Å². The summed E-state index contributed by atoms with van der Waals surface area (Å²) in [5.74, 6) is 2.10. The first-order valence-electron chi connectivity index (χ1n) is 12.4. The van der Waals surface area contributed by atoms with Gasteiger partial charge in [0, 0.05) is 19.0 Å². The lowest BCUT2D eigenvalue weighted by Crippen LogP contribution is -2.48. The number of ether oxygens (including phenoxy) is 2. The lowest BCUT2D eigenvalue weighted by Gasteiger charge is -2.35. The average molecular weight is 471 g/mol. The summed E-state index contributed by atoms with van der Waals surface area (Å²) in [6.45, 7) is 3.01. The Morgan fingerprint density at radius 2 is 1.79 bits per heavy atom. The number of rotatable bonds is 12. The third kappa shape index (κ3) is 7.02. The van der Waals surface area contributed by atoms with E-state index in [4.69, 9.17) is 13.9 Å². The van der Waals surface area contributed by atoms with Crippen molar-refractivity contribution in [3.05, 3.63) is 47.9 Å². The van der Waals surface area contributed by atoms with Crippen LogP contribution in [0.4, 0.5) is 0 Å². The van der Waals surface area contributed by atoms with Crippen LogP contribution in [-0.2, 0) is 22.6 Å². The van der Waals surface area contributed by atoms with Crippen LogP contribution in [0.3, 0.4) is 0 Å². The van der Waals surface area contributed by atoms with E-state index < -0.39 is 0 Å². The molecule has 1 heterocycles. The molecule has 0 N–H and O–H groups in total. The zero-order chi connectivity index (χ0) is 24.3. The Balaban J connectivity index is 1.74. The van der Waals surface area contributed by atoms with E-state index in [1.807, 2.05) is 42.2 Å². The molecule has 0 saturated heterocycles. The SMILES string of the molecule is CCCC(=O)N(CC(=O)N(CCc1ccc(OC)c(OC)c1)Cc1ccco1)C1CCCCC1. The number of benzene rings is 1. The van der Waals surface area contributed by atoms with E-state index in [0.29, 0.717) is 37.4 Å². The number of hydrogen-bond acceptors (Lipinski definition) is 5. The Hall–Kier alpha value is -2.96. The van der Waals surface area contributed by atoms with Gasteiger partial charge in [0.15, 0.2) is 11.5 Å². The van der Waals surface area contributed by atoms with Gasteiger partial charge in [-0.3, -0.25) is 9.59 Å². The zero-order valence-electron chi connectivity index (χ0n) is 20.8. The molecule has 0 radical (unpaired) electrons. The zero-order valence-corrected chi connectivity index (χ0v) is 20.8. The molecule has 186 valence electrons. The van der Waals surface area contributed by atoms with Crippen LogP contribution in [0.25, 0.3) is 0 Å². The second kappa shape index (κ2) is 13.1. The van der Waals surface area contributed by atoms with Crippen LogP contribution in [0.1, 0.15) is 63.2 Å². The summed E-state index contributed by atoms with van der Waals surface area (Å²) >= 11 is 0. The first-order valence-corrected chi connectivity index (χ1v) is 12.4. The molecule has 7 heteroatoms. The number of amides is 2. The fourth-order valence-corrected chi connectivity index (χ4v) is 4.60. The van der Waals surface area contributed by atoms with Gasteiger partial charge in [0.05, 0.1) is 27.0 Å². The van der Waals surface area contributed by atoms with Gasteiger partial charge in [-0.25, -0.2) is 0 Å². The first kappa shape index (κ1) is 25.7. The Kier molecular flexibility index (Phi) is 9.86. The van der Waals surface area contributed by atoms with Crippen molar-refractivity contribution < 1.29 is 23.5 Å². The average Bonchev–Trinajstić information content (AvgIpc) is 3.38. The molecule has 0 bridgehead atoms. The minimum atomic E-state index is -0.0492. The van der Waals surface area contributed by atoms with Crippen molar-refractivity contribution >= 4 is 11.8 Å². The van der Waals surface area contributed by atoms with E-state index in [1.165, 1.54) is 6.42 Å². The fourth-order valence-electron chi connectivity index (χ4n) is 4.60. The smallest absolute Gasteiger partial charge is 0.242 e. The second-order valence-corrected chi connectivity index (χ2v) is 8.90. The van der Waals surface area contributed by atoms with Crippen LogP contribution in [-0.4, -0.2) is 55.0 Å². The quantitative estimate of drug-likeness (QED) is 0.444. The minimum Gasteiger partial charge on any atom is -0.493 e. The molecule has 2 aromatic rings. The molecule has 0 atom stereocenters. The number of hydrogen-bond donors (Lipinski definition) is 0. The van der Waals surface area contributed by atoms with E-state index in [1.54, 1.807) is 25.4 Å². The van der Waals surface area contributed by atoms with E-state index >= 15 is 0 Å². The van der Waals surface area contributed by atoms with E-state index in [9.17, 15) is 9.59 Å². The Morgan fingerprint density at radius 1 is 1.03 bits per heavy atom. The predicted molar refractivity (Wildman–Crippen MR) is 131 cm³/mol. The van der Waals surface area contributed by atoms with Crippen molar-refractivity contribution in [1.29, 1.82) is 0 Å². The van der Waals surface area contributed by atoms with Crippen LogP contribution in [0.15, 0.2) is 41.0 Å². The van der Waals surface area contributed by atoms with Crippen LogP contribution in [0.2, 0.25) is 0 Å². The van der Waals surface area contributed by atoms with Gasteiger partial charge in [-0.05, 0) is 55.5 Å². The van der Waals surface area contributed by atoms with Gasteiger partial charge in [0.1, 0.15) is 12.3 Å². The van der Waals surface area contributed by atoms with Gasteiger partial charge in [-0.15, -0.1) is 0 Å². The molecule has 1 aliphatic carbocycles. The van der Waals surface area contributed by atoms with Crippen LogP contribution in [0, 0.1) is 0 Å². The standard InChI is InChI=1S/C27H38N2O5/c1-4-9-26(30)29(22-10-6-5-7-11-22)20-27(31)28(19-23-12-8-17-34-23)16-15-21-13-14-24(32-2)25(18-21)33-3/h8,12-14,17-18,22H,4-7,9-11,15-16,19-20H2,1-3H3. The highest BCUT2D eigenvalue weighted by Crippen LogP contribution is 2.28. The monoisotopic (exact) mass is 470 g/mol. The highest BCUT2D eigenvalue weighted by molar-refractivity contribution is 5.85. The summed E-state index contributed by atoms with van der Waals surface area (Å²) in [5.41, 5.74) is 1.04. The summed E-state index contributed by atoms with van der Waals surface area (Å²) < 4.78 is 16.3. The van der Waals surface area contributed by atoms with Crippen molar-refractivity contribution in [2.75, 3.05) is 27.3 Å². The van der Waals surface area contributed by atoms with Gasteiger partial charge in [0.25, 0.3) is 0 Å². The molecular weight excluding hydrogens is 432 g/mol. The Labute approximate surface area is 203 Å². The first-order chi connectivity index (χ1) is 16.5.